The molecule has 1 N–H and O–H groups in total. The van der Waals surface area contributed by atoms with Gasteiger partial charge >= 0.3 is 5.97 Å². The Kier molecular flexibility index (Phi) is 4.40. The number of anilines is 1. The fraction of sp³-hybridized carbons (Fsp3) is 0.529. The van der Waals surface area contributed by atoms with Gasteiger partial charge in [-0.3, -0.25) is 9.48 Å². The summed E-state index contributed by atoms with van der Waals surface area (Å²) in [4.78, 5) is 29.4. The molecule has 3 rings (SSSR count). The van der Waals surface area contributed by atoms with Crippen molar-refractivity contribution in [3.8, 4) is 0 Å². The maximum atomic E-state index is 12.5. The third kappa shape index (κ3) is 3.58. The largest absolute Gasteiger partial charge is 0.465 e. The normalized spacial score (nSPS) is 19.6. The van der Waals surface area contributed by atoms with E-state index in [1.165, 1.54) is 7.11 Å². The molecule has 1 saturated carbocycles. The highest BCUT2D eigenvalue weighted by Crippen LogP contribution is 2.48. The maximum absolute atomic E-state index is 12.5. The molecule has 1 fully saturated rings. The molecule has 0 saturated heterocycles. The first kappa shape index (κ1) is 17.6. The van der Waals surface area contributed by atoms with E-state index in [4.69, 9.17) is 4.74 Å². The van der Waals surface area contributed by atoms with Gasteiger partial charge in [0.1, 0.15) is 4.88 Å². The molecule has 1 aliphatic carbocycles. The summed E-state index contributed by atoms with van der Waals surface area (Å²) < 4.78 is 6.57. The van der Waals surface area contributed by atoms with Gasteiger partial charge in [0.05, 0.1) is 19.0 Å². The lowest BCUT2D eigenvalue weighted by Crippen LogP contribution is -2.17. The minimum atomic E-state index is -0.428. The molecule has 2 atom stereocenters. The number of amides is 1. The van der Waals surface area contributed by atoms with E-state index in [-0.39, 0.29) is 23.2 Å². The highest BCUT2D eigenvalue weighted by atomic mass is 32.1. The van der Waals surface area contributed by atoms with Gasteiger partial charge in [-0.2, -0.15) is 5.10 Å². The molecule has 2 heterocycles. The molecule has 7 nitrogen and oxygen atoms in total. The highest BCUT2D eigenvalue weighted by molar-refractivity contribution is 7.17. The number of methoxy groups -OCH3 is 1. The number of esters is 1. The van der Waals surface area contributed by atoms with E-state index < -0.39 is 5.97 Å². The van der Waals surface area contributed by atoms with E-state index >= 15 is 0 Å². The number of carbonyl (C=O) groups excluding carboxylic acids is 2. The van der Waals surface area contributed by atoms with Gasteiger partial charge in [-0.05, 0) is 17.9 Å². The third-order valence-corrected chi connectivity index (χ3v) is 5.17. The highest BCUT2D eigenvalue weighted by Gasteiger charge is 2.45. The van der Waals surface area contributed by atoms with Gasteiger partial charge in [-0.25, -0.2) is 9.78 Å². The first-order chi connectivity index (χ1) is 11.7. The Labute approximate surface area is 150 Å². The Hall–Kier alpha value is -2.22. The zero-order valence-electron chi connectivity index (χ0n) is 15.0. The average Bonchev–Trinajstić information content (AvgIpc) is 3.03. The molecule has 25 heavy (non-hydrogen) atoms. The second-order valence-corrected chi connectivity index (χ2v) is 8.32. The quantitative estimate of drug-likeness (QED) is 0.845. The molecule has 134 valence electrons. The molecule has 0 radical (unpaired) electrons. The average molecular weight is 362 g/mol. The van der Waals surface area contributed by atoms with Crippen LogP contribution in [0.15, 0.2) is 12.4 Å². The zero-order valence-corrected chi connectivity index (χ0v) is 15.8. The number of thiazole rings is 1. The summed E-state index contributed by atoms with van der Waals surface area (Å²) >= 11 is 1.16. The minimum absolute atomic E-state index is 0.0699. The summed E-state index contributed by atoms with van der Waals surface area (Å²) in [7, 11) is 3.20. The second kappa shape index (κ2) is 6.25. The van der Waals surface area contributed by atoms with Gasteiger partial charge in [-0.15, -0.1) is 0 Å². The van der Waals surface area contributed by atoms with E-state index in [9.17, 15) is 9.59 Å². The van der Waals surface area contributed by atoms with Crippen LogP contribution in [0.25, 0.3) is 0 Å². The van der Waals surface area contributed by atoms with Crippen LogP contribution in [-0.4, -0.2) is 33.8 Å². The summed E-state index contributed by atoms with van der Waals surface area (Å²) in [5.41, 5.74) is 1.40. The first-order valence-corrected chi connectivity index (χ1v) is 8.91. The fourth-order valence-corrected chi connectivity index (χ4v) is 3.89. The van der Waals surface area contributed by atoms with Crippen LogP contribution >= 0.6 is 11.3 Å². The van der Waals surface area contributed by atoms with Crippen molar-refractivity contribution >= 4 is 28.3 Å². The van der Waals surface area contributed by atoms with Crippen molar-refractivity contribution in [3.05, 3.63) is 28.5 Å². The molecule has 0 unspecified atom stereocenters. The number of hydrogen-bond acceptors (Lipinski definition) is 6. The Morgan fingerprint density at radius 2 is 2.12 bits per heavy atom. The second-order valence-electron chi connectivity index (χ2n) is 7.32. The van der Waals surface area contributed by atoms with Crippen LogP contribution in [0.5, 0.6) is 0 Å². The van der Waals surface area contributed by atoms with E-state index in [0.29, 0.717) is 15.7 Å². The van der Waals surface area contributed by atoms with Gasteiger partial charge in [0.15, 0.2) is 5.13 Å². The Morgan fingerprint density at radius 1 is 1.40 bits per heavy atom. The van der Waals surface area contributed by atoms with Crippen molar-refractivity contribution in [2.45, 2.75) is 38.5 Å². The summed E-state index contributed by atoms with van der Waals surface area (Å²) in [6.45, 7) is 5.91. The molecule has 2 aromatic rings. The smallest absolute Gasteiger partial charge is 0.350 e. The van der Waals surface area contributed by atoms with Crippen molar-refractivity contribution in [2.24, 2.45) is 13.0 Å². The maximum Gasteiger partial charge on any atom is 0.350 e. The van der Waals surface area contributed by atoms with Crippen LogP contribution in [0, 0.1) is 5.92 Å². The molecule has 0 bridgehead atoms. The first-order valence-electron chi connectivity index (χ1n) is 8.09. The molecular formula is C17H22N4O3S. The van der Waals surface area contributed by atoms with Crippen LogP contribution in [0.1, 0.15) is 54.0 Å². The van der Waals surface area contributed by atoms with Crippen molar-refractivity contribution in [1.82, 2.24) is 14.8 Å². The van der Waals surface area contributed by atoms with Crippen LogP contribution in [0.4, 0.5) is 5.13 Å². The number of carbonyl (C=O) groups is 2. The number of aromatic nitrogens is 3. The summed E-state index contributed by atoms with van der Waals surface area (Å²) in [6.07, 6.45) is 4.54. The van der Waals surface area contributed by atoms with E-state index in [1.807, 2.05) is 34.0 Å². The fourth-order valence-electron chi connectivity index (χ4n) is 2.80. The van der Waals surface area contributed by atoms with Gasteiger partial charge in [-0.1, -0.05) is 32.1 Å². The van der Waals surface area contributed by atoms with Gasteiger partial charge in [0.2, 0.25) is 5.91 Å². The lowest BCUT2D eigenvalue weighted by molar-refractivity contribution is -0.117. The Morgan fingerprint density at radius 3 is 2.68 bits per heavy atom. The lowest BCUT2D eigenvalue weighted by Gasteiger charge is -2.16. The summed E-state index contributed by atoms with van der Waals surface area (Å²) in [6, 6.07) is 0. The van der Waals surface area contributed by atoms with Crippen LogP contribution < -0.4 is 5.32 Å². The monoisotopic (exact) mass is 362 g/mol. The molecule has 0 aromatic carbocycles. The topological polar surface area (TPSA) is 86.1 Å². The van der Waals surface area contributed by atoms with Crippen molar-refractivity contribution in [3.63, 3.8) is 0 Å². The van der Waals surface area contributed by atoms with Crippen molar-refractivity contribution in [1.29, 1.82) is 0 Å². The third-order valence-electron chi connectivity index (χ3n) is 4.22. The summed E-state index contributed by atoms with van der Waals surface area (Å²) in [5.74, 6) is -0.370. The number of nitrogens with one attached hydrogen (secondary N) is 1. The number of rotatable bonds is 4. The number of aryl methyl sites for hydroxylation is 1. The number of nitrogens with zero attached hydrogens (tertiary/aromatic N) is 3. The molecule has 1 amide bonds. The Balaban J connectivity index is 1.74. The molecule has 0 spiro atoms. The van der Waals surface area contributed by atoms with Crippen molar-refractivity contribution < 1.29 is 14.3 Å². The lowest BCUT2D eigenvalue weighted by atomic mass is 9.91. The van der Waals surface area contributed by atoms with Gasteiger partial charge in [0.25, 0.3) is 0 Å². The molecule has 1 aliphatic rings. The van der Waals surface area contributed by atoms with E-state index in [0.717, 1.165) is 23.3 Å². The minimum Gasteiger partial charge on any atom is -0.465 e. The molecule has 8 heteroatoms. The van der Waals surface area contributed by atoms with Crippen LogP contribution in [0.2, 0.25) is 0 Å². The Bertz CT molecular complexity index is 818. The number of ether oxygens (including phenoxy) is 1. The molecule has 2 aromatic heterocycles. The predicted molar refractivity (Wildman–Crippen MR) is 94.8 cm³/mol. The number of hydrogen-bond donors (Lipinski definition) is 1. The van der Waals surface area contributed by atoms with E-state index in [2.05, 4.69) is 15.4 Å². The van der Waals surface area contributed by atoms with E-state index in [1.54, 1.807) is 10.9 Å². The molecule has 0 aliphatic heterocycles. The SMILES string of the molecule is COC(=O)c1sc(NC(=O)[C@H]2C[C@H]2c2cnn(C)c2)nc1C(C)(C)C. The standard InChI is InChI=1S/C17H22N4O3S/c1-17(2,3)13-12(15(23)24-5)25-16(19-13)20-14(22)11-6-10(11)9-7-18-21(4)8-9/h7-8,10-11H,6H2,1-5H3,(H,19,20,22)/t10-,11-/m0/s1. The van der Waals surface area contributed by atoms with Crippen LogP contribution in [0.3, 0.4) is 0 Å². The summed E-state index contributed by atoms with van der Waals surface area (Å²) in [5, 5.41) is 7.44. The van der Waals surface area contributed by atoms with Gasteiger partial charge in [0, 0.05) is 24.6 Å². The van der Waals surface area contributed by atoms with Crippen molar-refractivity contribution in [2.75, 3.05) is 12.4 Å². The zero-order chi connectivity index (χ0) is 18.4. The van der Waals surface area contributed by atoms with Crippen LogP contribution in [-0.2, 0) is 22.0 Å². The predicted octanol–water partition coefficient (Wildman–Crippen LogP) is 2.70. The molecular weight excluding hydrogens is 340 g/mol. The van der Waals surface area contributed by atoms with Gasteiger partial charge < -0.3 is 10.1 Å².